The Kier molecular flexibility index (Phi) is 7.41. The highest BCUT2D eigenvalue weighted by atomic mass is 35.5. The Balaban J connectivity index is 1.89. The molecule has 1 saturated heterocycles. The van der Waals surface area contributed by atoms with Gasteiger partial charge in [0.25, 0.3) is 0 Å². The number of hydrogen-bond donors (Lipinski definition) is 1. The molecule has 1 aromatic rings. The van der Waals surface area contributed by atoms with Gasteiger partial charge in [-0.15, -0.1) is 0 Å². The van der Waals surface area contributed by atoms with E-state index >= 15 is 0 Å². The van der Waals surface area contributed by atoms with Gasteiger partial charge in [0.15, 0.2) is 0 Å². The summed E-state index contributed by atoms with van der Waals surface area (Å²) in [5.74, 6) is 0.0494. The van der Waals surface area contributed by atoms with Crippen LogP contribution in [0, 0.1) is 10.8 Å². The Bertz CT molecular complexity index is 597. The lowest BCUT2D eigenvalue weighted by Crippen LogP contribution is -2.42. The molecule has 0 saturated carbocycles. The van der Waals surface area contributed by atoms with Crippen molar-refractivity contribution in [3.8, 4) is 0 Å². The maximum atomic E-state index is 12.6. The lowest BCUT2D eigenvalue weighted by atomic mass is 9.73. The van der Waals surface area contributed by atoms with Gasteiger partial charge in [-0.25, -0.2) is 0 Å². The number of nitrogens with one attached hydrogen (secondary N) is 1. The summed E-state index contributed by atoms with van der Waals surface area (Å²) in [5, 5.41) is 4.03. The largest absolute Gasteiger partial charge is 0.326 e. The Morgan fingerprint density at radius 3 is 2.23 bits per heavy atom. The third-order valence-electron chi connectivity index (χ3n) is 5.53. The van der Waals surface area contributed by atoms with Crippen LogP contribution >= 0.6 is 23.2 Å². The first kappa shape index (κ1) is 21.5. The quantitative estimate of drug-likeness (QED) is 0.613. The van der Waals surface area contributed by atoms with Crippen LogP contribution in [0.3, 0.4) is 0 Å². The van der Waals surface area contributed by atoms with Crippen molar-refractivity contribution in [2.75, 3.05) is 25.0 Å². The fourth-order valence-electron chi connectivity index (χ4n) is 3.57. The highest BCUT2D eigenvalue weighted by molar-refractivity contribution is 6.35. The number of carbonyl (C=O) groups excluding carboxylic acids is 1. The van der Waals surface area contributed by atoms with E-state index in [1.165, 1.54) is 6.42 Å². The van der Waals surface area contributed by atoms with Crippen molar-refractivity contribution in [1.82, 2.24) is 4.90 Å². The molecular formula is C21H32Cl2N2O. The minimum absolute atomic E-state index is 0.0494. The molecule has 0 atom stereocenters. The van der Waals surface area contributed by atoms with Gasteiger partial charge in [-0.3, -0.25) is 4.79 Å². The van der Waals surface area contributed by atoms with Crippen LogP contribution in [-0.2, 0) is 4.79 Å². The molecular weight excluding hydrogens is 367 g/mol. The predicted octanol–water partition coefficient (Wildman–Crippen LogP) is 6.25. The smallest absolute Gasteiger partial charge is 0.224 e. The number of nitrogens with zero attached hydrogens (tertiary/aromatic N) is 1. The summed E-state index contributed by atoms with van der Waals surface area (Å²) >= 11 is 12.0. The fraction of sp³-hybridized carbons (Fsp3) is 0.667. The van der Waals surface area contributed by atoms with E-state index in [2.05, 4.69) is 37.9 Å². The Labute approximate surface area is 168 Å². The van der Waals surface area contributed by atoms with E-state index in [0.717, 1.165) is 38.9 Å². The zero-order chi connectivity index (χ0) is 19.4. The second-order valence-corrected chi connectivity index (χ2v) is 9.76. The zero-order valence-corrected chi connectivity index (χ0v) is 18.0. The van der Waals surface area contributed by atoms with E-state index in [1.807, 2.05) is 0 Å². The highest BCUT2D eigenvalue weighted by Crippen LogP contribution is 2.39. The molecule has 1 aromatic carbocycles. The molecule has 146 valence electrons. The van der Waals surface area contributed by atoms with Crippen LogP contribution in [0.4, 0.5) is 5.69 Å². The van der Waals surface area contributed by atoms with E-state index < -0.39 is 0 Å². The Morgan fingerprint density at radius 2 is 1.73 bits per heavy atom. The molecule has 0 aliphatic carbocycles. The van der Waals surface area contributed by atoms with Gasteiger partial charge in [0, 0.05) is 22.2 Å². The van der Waals surface area contributed by atoms with Crippen LogP contribution in [-0.4, -0.2) is 30.4 Å². The number of halogens is 2. The second-order valence-electron chi connectivity index (χ2n) is 8.89. The van der Waals surface area contributed by atoms with Crippen LogP contribution in [0.15, 0.2) is 18.2 Å². The van der Waals surface area contributed by atoms with E-state index in [9.17, 15) is 4.79 Å². The first-order valence-corrected chi connectivity index (χ1v) is 10.3. The molecule has 3 nitrogen and oxygen atoms in total. The van der Waals surface area contributed by atoms with Crippen LogP contribution in [0.1, 0.15) is 59.8 Å². The molecule has 1 amide bonds. The number of amides is 1. The molecule has 1 fully saturated rings. The SMILES string of the molecule is CCC1(CC(=O)Nc2cc(Cl)cc(Cl)c2)CCN(CCC(C)(C)C)CC1. The van der Waals surface area contributed by atoms with E-state index in [4.69, 9.17) is 23.2 Å². The molecule has 0 aromatic heterocycles. The van der Waals surface area contributed by atoms with E-state index in [1.54, 1.807) is 18.2 Å². The van der Waals surface area contributed by atoms with Gasteiger partial charge >= 0.3 is 0 Å². The van der Waals surface area contributed by atoms with Gasteiger partial charge in [-0.2, -0.15) is 0 Å². The lowest BCUT2D eigenvalue weighted by Gasteiger charge is -2.41. The van der Waals surface area contributed by atoms with Crippen molar-refractivity contribution in [1.29, 1.82) is 0 Å². The van der Waals surface area contributed by atoms with Gasteiger partial charge < -0.3 is 10.2 Å². The van der Waals surface area contributed by atoms with Crippen molar-refractivity contribution in [3.05, 3.63) is 28.2 Å². The molecule has 0 spiro atoms. The molecule has 26 heavy (non-hydrogen) atoms. The Hall–Kier alpha value is -0.770. The van der Waals surface area contributed by atoms with Crippen LogP contribution in [0.2, 0.25) is 10.0 Å². The molecule has 1 N–H and O–H groups in total. The normalized spacial score (nSPS) is 17.9. The molecule has 0 radical (unpaired) electrons. The summed E-state index contributed by atoms with van der Waals surface area (Å²) in [5.41, 5.74) is 1.14. The number of carbonyl (C=O) groups is 1. The van der Waals surface area contributed by atoms with Gasteiger partial charge in [0.05, 0.1) is 0 Å². The first-order chi connectivity index (χ1) is 12.1. The van der Waals surface area contributed by atoms with Crippen molar-refractivity contribution in [2.45, 2.75) is 59.8 Å². The third kappa shape index (κ3) is 6.75. The number of anilines is 1. The van der Waals surface area contributed by atoms with E-state index in [0.29, 0.717) is 27.6 Å². The Morgan fingerprint density at radius 1 is 1.15 bits per heavy atom. The maximum absolute atomic E-state index is 12.6. The molecule has 1 aliphatic rings. The summed E-state index contributed by atoms with van der Waals surface area (Å²) in [7, 11) is 0. The molecule has 0 bridgehead atoms. The number of benzene rings is 1. The summed E-state index contributed by atoms with van der Waals surface area (Å²) in [6.07, 6.45) is 4.96. The molecule has 0 unspecified atom stereocenters. The number of likely N-dealkylation sites (tertiary alicyclic amines) is 1. The summed E-state index contributed by atoms with van der Waals surface area (Å²) in [6.45, 7) is 12.4. The van der Waals surface area contributed by atoms with Gasteiger partial charge in [0.2, 0.25) is 5.91 Å². The highest BCUT2D eigenvalue weighted by Gasteiger charge is 2.35. The number of rotatable bonds is 6. The van der Waals surface area contributed by atoms with E-state index in [-0.39, 0.29) is 11.3 Å². The number of piperidine rings is 1. The average Bonchev–Trinajstić information content (AvgIpc) is 2.52. The third-order valence-corrected chi connectivity index (χ3v) is 5.96. The van der Waals surface area contributed by atoms with Gasteiger partial charge in [-0.05, 0) is 74.3 Å². The minimum atomic E-state index is 0.0494. The average molecular weight is 399 g/mol. The predicted molar refractivity (Wildman–Crippen MR) is 112 cm³/mol. The minimum Gasteiger partial charge on any atom is -0.326 e. The van der Waals surface area contributed by atoms with Crippen molar-refractivity contribution < 1.29 is 4.79 Å². The first-order valence-electron chi connectivity index (χ1n) is 9.59. The molecule has 1 heterocycles. The summed E-state index contributed by atoms with van der Waals surface area (Å²) < 4.78 is 0. The zero-order valence-electron chi connectivity index (χ0n) is 16.5. The van der Waals surface area contributed by atoms with Crippen molar-refractivity contribution >= 4 is 34.8 Å². The van der Waals surface area contributed by atoms with Crippen LogP contribution in [0.25, 0.3) is 0 Å². The number of hydrogen-bond acceptors (Lipinski definition) is 2. The van der Waals surface area contributed by atoms with Gasteiger partial charge in [-0.1, -0.05) is 50.9 Å². The van der Waals surface area contributed by atoms with Crippen molar-refractivity contribution in [3.63, 3.8) is 0 Å². The molecule has 2 rings (SSSR count). The maximum Gasteiger partial charge on any atom is 0.224 e. The second kappa shape index (κ2) is 8.95. The molecule has 1 aliphatic heterocycles. The summed E-state index contributed by atoms with van der Waals surface area (Å²) in [4.78, 5) is 15.1. The van der Waals surface area contributed by atoms with Crippen LogP contribution in [0.5, 0.6) is 0 Å². The topological polar surface area (TPSA) is 32.3 Å². The lowest BCUT2D eigenvalue weighted by molar-refractivity contribution is -0.119. The van der Waals surface area contributed by atoms with Crippen LogP contribution < -0.4 is 5.32 Å². The standard InChI is InChI=1S/C21H32Cl2N2O/c1-5-21(7-10-25(11-8-21)9-6-20(2,3)4)15-19(26)24-18-13-16(22)12-17(23)14-18/h12-14H,5-11,15H2,1-4H3,(H,24,26). The van der Waals surface area contributed by atoms with Crippen molar-refractivity contribution in [2.24, 2.45) is 10.8 Å². The van der Waals surface area contributed by atoms with Gasteiger partial charge in [0.1, 0.15) is 0 Å². The summed E-state index contributed by atoms with van der Waals surface area (Å²) in [6, 6.07) is 5.14. The molecule has 5 heteroatoms. The monoisotopic (exact) mass is 398 g/mol. The fourth-order valence-corrected chi connectivity index (χ4v) is 4.10.